The number of fused-ring (bicyclic) bond motifs is 1. The molecule has 3 nitrogen and oxygen atoms in total. The molecule has 0 atom stereocenters. The van der Waals surface area contributed by atoms with Gasteiger partial charge >= 0.3 is 0 Å². The van der Waals surface area contributed by atoms with Gasteiger partial charge < -0.3 is 14.6 Å². The highest BCUT2D eigenvalue weighted by molar-refractivity contribution is 5.89. The molecule has 0 aliphatic rings. The molecule has 0 unspecified atom stereocenters. The van der Waals surface area contributed by atoms with Crippen LogP contribution < -0.4 is 9.84 Å². The van der Waals surface area contributed by atoms with Crippen molar-refractivity contribution < 1.29 is 14.6 Å². The molecule has 0 heterocycles. The van der Waals surface area contributed by atoms with Crippen molar-refractivity contribution in [2.24, 2.45) is 0 Å². The monoisotopic (exact) mass is 215 g/mol. The summed E-state index contributed by atoms with van der Waals surface area (Å²) < 4.78 is 5.11. The average molecular weight is 215 g/mol. The summed E-state index contributed by atoms with van der Waals surface area (Å²) in [7, 11) is 1.60. The van der Waals surface area contributed by atoms with Gasteiger partial charge in [-0.1, -0.05) is 24.3 Å². The molecule has 0 amide bonds. The van der Waals surface area contributed by atoms with Gasteiger partial charge in [-0.2, -0.15) is 0 Å². The lowest BCUT2D eigenvalue weighted by atomic mass is 10.0. The second kappa shape index (κ2) is 4.23. The fraction of sp³-hybridized carbons (Fsp3) is 0.154. The molecule has 0 saturated carbocycles. The van der Waals surface area contributed by atoms with E-state index in [0.29, 0.717) is 0 Å². The zero-order chi connectivity index (χ0) is 11.5. The minimum Gasteiger partial charge on any atom is -0.550 e. The maximum Gasteiger partial charge on any atom is 0.119 e. The van der Waals surface area contributed by atoms with Gasteiger partial charge in [-0.3, -0.25) is 0 Å². The van der Waals surface area contributed by atoms with Crippen molar-refractivity contribution in [1.82, 2.24) is 0 Å². The lowest BCUT2D eigenvalue weighted by Gasteiger charge is -2.08. The van der Waals surface area contributed by atoms with Crippen LogP contribution in [0.1, 0.15) is 5.56 Å². The van der Waals surface area contributed by atoms with Crippen LogP contribution in [0.3, 0.4) is 0 Å². The van der Waals surface area contributed by atoms with E-state index in [2.05, 4.69) is 0 Å². The summed E-state index contributed by atoms with van der Waals surface area (Å²) in [6, 6.07) is 11.1. The van der Waals surface area contributed by atoms with Gasteiger partial charge in [0.1, 0.15) is 5.75 Å². The first kappa shape index (κ1) is 10.5. The van der Waals surface area contributed by atoms with Crippen LogP contribution in [0.2, 0.25) is 0 Å². The SMILES string of the molecule is COc1ccc2c(CC(=O)[O-])cccc2c1. The highest BCUT2D eigenvalue weighted by atomic mass is 16.5. The molecule has 82 valence electrons. The van der Waals surface area contributed by atoms with Gasteiger partial charge in [0.2, 0.25) is 0 Å². The van der Waals surface area contributed by atoms with Crippen LogP contribution in [-0.4, -0.2) is 13.1 Å². The summed E-state index contributed by atoms with van der Waals surface area (Å²) >= 11 is 0. The van der Waals surface area contributed by atoms with Crippen molar-refractivity contribution in [3.63, 3.8) is 0 Å². The largest absolute Gasteiger partial charge is 0.550 e. The van der Waals surface area contributed by atoms with Gasteiger partial charge in [0, 0.05) is 12.4 Å². The van der Waals surface area contributed by atoms with E-state index in [4.69, 9.17) is 4.74 Å². The van der Waals surface area contributed by atoms with Crippen molar-refractivity contribution in [3.05, 3.63) is 42.0 Å². The Morgan fingerprint density at radius 2 is 2.12 bits per heavy atom. The molecule has 0 saturated heterocycles. The molecule has 2 aromatic rings. The van der Waals surface area contributed by atoms with Crippen LogP contribution in [0.5, 0.6) is 5.75 Å². The number of aliphatic carboxylic acids is 1. The van der Waals surface area contributed by atoms with Crippen molar-refractivity contribution in [3.8, 4) is 5.75 Å². The summed E-state index contributed by atoms with van der Waals surface area (Å²) in [5, 5.41) is 12.5. The zero-order valence-corrected chi connectivity index (χ0v) is 8.90. The number of hydrogen-bond donors (Lipinski definition) is 0. The van der Waals surface area contributed by atoms with Crippen molar-refractivity contribution in [1.29, 1.82) is 0 Å². The third kappa shape index (κ3) is 1.98. The van der Waals surface area contributed by atoms with E-state index in [-0.39, 0.29) is 6.42 Å². The predicted molar refractivity (Wildman–Crippen MR) is 59.2 cm³/mol. The van der Waals surface area contributed by atoms with Gasteiger partial charge in [-0.25, -0.2) is 0 Å². The van der Waals surface area contributed by atoms with Crippen molar-refractivity contribution in [2.45, 2.75) is 6.42 Å². The van der Waals surface area contributed by atoms with E-state index >= 15 is 0 Å². The van der Waals surface area contributed by atoms with Crippen LogP contribution in [-0.2, 0) is 11.2 Å². The summed E-state index contributed by atoms with van der Waals surface area (Å²) in [6.45, 7) is 0. The fourth-order valence-corrected chi connectivity index (χ4v) is 1.77. The quantitative estimate of drug-likeness (QED) is 0.771. The second-order valence-corrected chi connectivity index (χ2v) is 3.55. The van der Waals surface area contributed by atoms with Crippen molar-refractivity contribution in [2.75, 3.05) is 7.11 Å². The Balaban J connectivity index is 2.55. The minimum absolute atomic E-state index is 0.0658. The molecule has 2 rings (SSSR count). The standard InChI is InChI=1S/C13H12O3/c1-16-11-5-6-12-9(7-11)3-2-4-10(12)8-13(14)15/h2-7H,8H2,1H3,(H,14,15)/p-1. The smallest absolute Gasteiger partial charge is 0.119 e. The number of carboxylic acids is 1. The molecule has 0 aliphatic carbocycles. The van der Waals surface area contributed by atoms with E-state index in [0.717, 1.165) is 22.1 Å². The molecular formula is C13H11O3-. The second-order valence-electron chi connectivity index (χ2n) is 3.55. The molecule has 0 spiro atoms. The third-order valence-electron chi connectivity index (χ3n) is 2.51. The van der Waals surface area contributed by atoms with Crippen LogP contribution >= 0.6 is 0 Å². The van der Waals surface area contributed by atoms with Gasteiger partial charge in [0.05, 0.1) is 7.11 Å². The first-order valence-electron chi connectivity index (χ1n) is 4.96. The Labute approximate surface area is 93.3 Å². The summed E-state index contributed by atoms with van der Waals surface area (Å²) in [5.74, 6) is -0.304. The number of benzene rings is 2. The fourth-order valence-electron chi connectivity index (χ4n) is 1.77. The molecule has 3 heteroatoms. The topological polar surface area (TPSA) is 49.4 Å². The number of ether oxygens (including phenoxy) is 1. The molecule has 0 aromatic heterocycles. The first-order chi connectivity index (χ1) is 7.70. The molecule has 0 bridgehead atoms. The number of rotatable bonds is 3. The Hall–Kier alpha value is -2.03. The van der Waals surface area contributed by atoms with Gasteiger partial charge in [-0.15, -0.1) is 0 Å². The van der Waals surface area contributed by atoms with Crippen LogP contribution in [0, 0.1) is 0 Å². The van der Waals surface area contributed by atoms with Crippen LogP contribution in [0.15, 0.2) is 36.4 Å². The number of hydrogen-bond acceptors (Lipinski definition) is 3. The van der Waals surface area contributed by atoms with Gasteiger partial charge in [-0.05, 0) is 28.5 Å². The molecule has 0 fully saturated rings. The lowest BCUT2D eigenvalue weighted by Crippen LogP contribution is -2.24. The highest BCUT2D eigenvalue weighted by Gasteiger charge is 2.02. The minimum atomic E-state index is -1.07. The maximum absolute atomic E-state index is 10.6. The van der Waals surface area contributed by atoms with E-state index in [9.17, 15) is 9.90 Å². The Morgan fingerprint density at radius 3 is 2.81 bits per heavy atom. The first-order valence-corrected chi connectivity index (χ1v) is 4.96. The summed E-state index contributed by atoms with van der Waals surface area (Å²) in [5.41, 5.74) is 0.764. The summed E-state index contributed by atoms with van der Waals surface area (Å²) in [6.07, 6.45) is -0.0658. The lowest BCUT2D eigenvalue weighted by molar-refractivity contribution is -0.304. The zero-order valence-electron chi connectivity index (χ0n) is 8.90. The third-order valence-corrected chi connectivity index (χ3v) is 2.51. The van der Waals surface area contributed by atoms with E-state index in [1.807, 2.05) is 30.3 Å². The number of carbonyl (C=O) groups excluding carboxylic acids is 1. The average Bonchev–Trinajstić information content (AvgIpc) is 2.28. The summed E-state index contributed by atoms with van der Waals surface area (Å²) in [4.78, 5) is 10.6. The van der Waals surface area contributed by atoms with Gasteiger partial charge in [0.25, 0.3) is 0 Å². The molecule has 0 N–H and O–H groups in total. The number of carbonyl (C=O) groups is 1. The van der Waals surface area contributed by atoms with E-state index < -0.39 is 5.97 Å². The van der Waals surface area contributed by atoms with Crippen LogP contribution in [0.25, 0.3) is 10.8 Å². The normalized spacial score (nSPS) is 10.3. The molecule has 0 aliphatic heterocycles. The Morgan fingerprint density at radius 1 is 1.31 bits per heavy atom. The molecular weight excluding hydrogens is 204 g/mol. The molecule has 16 heavy (non-hydrogen) atoms. The number of methoxy groups -OCH3 is 1. The molecule has 2 aromatic carbocycles. The van der Waals surface area contributed by atoms with Crippen LogP contribution in [0.4, 0.5) is 0 Å². The Kier molecular flexibility index (Phi) is 2.77. The Bertz CT molecular complexity index is 532. The number of carboxylic acid groups (broad SMARTS) is 1. The maximum atomic E-state index is 10.6. The van der Waals surface area contributed by atoms with Crippen molar-refractivity contribution >= 4 is 16.7 Å². The van der Waals surface area contributed by atoms with E-state index in [1.165, 1.54) is 0 Å². The van der Waals surface area contributed by atoms with E-state index in [1.54, 1.807) is 13.2 Å². The molecule has 0 radical (unpaired) electrons. The van der Waals surface area contributed by atoms with Gasteiger partial charge in [0.15, 0.2) is 0 Å². The highest BCUT2D eigenvalue weighted by Crippen LogP contribution is 2.23. The predicted octanol–water partition coefficient (Wildman–Crippen LogP) is 1.14.